The molecule has 3 aliphatic rings. The van der Waals surface area contributed by atoms with Gasteiger partial charge in [0.2, 0.25) is 0 Å². The predicted octanol–water partition coefficient (Wildman–Crippen LogP) is 2.58. The lowest BCUT2D eigenvalue weighted by molar-refractivity contribution is 0.135. The van der Waals surface area contributed by atoms with E-state index in [-0.39, 0.29) is 5.60 Å². The summed E-state index contributed by atoms with van der Waals surface area (Å²) < 4.78 is 6.21. The zero-order valence-electron chi connectivity index (χ0n) is 13.2. The van der Waals surface area contributed by atoms with E-state index in [1.165, 1.54) is 43.6 Å². The number of hydrogen-bond acceptors (Lipinski definition) is 3. The molecule has 1 aromatic carbocycles. The number of nitrogens with one attached hydrogen (secondary N) is 1. The highest BCUT2D eigenvalue weighted by atomic mass is 16.5. The zero-order chi connectivity index (χ0) is 14.4. The van der Waals surface area contributed by atoms with E-state index in [9.17, 15) is 0 Å². The van der Waals surface area contributed by atoms with Crippen molar-refractivity contribution in [2.75, 3.05) is 19.6 Å². The molecule has 3 nitrogen and oxygen atoms in total. The van der Waals surface area contributed by atoms with E-state index in [1.807, 2.05) is 0 Å². The Labute approximate surface area is 127 Å². The Kier molecular flexibility index (Phi) is 3.23. The van der Waals surface area contributed by atoms with Gasteiger partial charge in [0.1, 0.15) is 11.4 Å². The minimum absolute atomic E-state index is 0.0427. The Morgan fingerprint density at radius 2 is 2.24 bits per heavy atom. The van der Waals surface area contributed by atoms with E-state index in [4.69, 9.17) is 4.74 Å². The van der Waals surface area contributed by atoms with Crippen LogP contribution in [0.4, 0.5) is 0 Å². The van der Waals surface area contributed by atoms with Crippen molar-refractivity contribution in [3.05, 3.63) is 29.3 Å². The van der Waals surface area contributed by atoms with Gasteiger partial charge in [0, 0.05) is 37.7 Å². The molecular formula is C18H26N2O. The van der Waals surface area contributed by atoms with Crippen LogP contribution in [0.3, 0.4) is 0 Å². The number of rotatable bonds is 2. The maximum Gasteiger partial charge on any atom is 0.127 e. The van der Waals surface area contributed by atoms with Gasteiger partial charge in [0.05, 0.1) is 0 Å². The van der Waals surface area contributed by atoms with Gasteiger partial charge in [-0.2, -0.15) is 0 Å². The summed E-state index contributed by atoms with van der Waals surface area (Å²) in [4.78, 5) is 2.61. The lowest BCUT2D eigenvalue weighted by atomic mass is 9.94. The number of nitrogens with zero attached hydrogens (tertiary/aromatic N) is 1. The molecule has 0 aromatic heterocycles. The topological polar surface area (TPSA) is 24.5 Å². The van der Waals surface area contributed by atoms with E-state index in [2.05, 4.69) is 42.3 Å². The van der Waals surface area contributed by atoms with Crippen molar-refractivity contribution in [3.8, 4) is 5.75 Å². The summed E-state index contributed by atoms with van der Waals surface area (Å²) in [7, 11) is 0. The Hall–Kier alpha value is -1.06. The molecule has 2 saturated heterocycles. The van der Waals surface area contributed by atoms with Crippen molar-refractivity contribution in [1.29, 1.82) is 0 Å². The quantitative estimate of drug-likeness (QED) is 0.904. The van der Waals surface area contributed by atoms with Gasteiger partial charge < -0.3 is 10.1 Å². The molecule has 2 fully saturated rings. The molecule has 3 heteroatoms. The zero-order valence-corrected chi connectivity index (χ0v) is 13.2. The molecule has 0 saturated carbocycles. The van der Waals surface area contributed by atoms with Crippen LogP contribution >= 0.6 is 0 Å². The Morgan fingerprint density at radius 1 is 1.33 bits per heavy atom. The second-order valence-corrected chi connectivity index (χ2v) is 7.60. The summed E-state index contributed by atoms with van der Waals surface area (Å²) >= 11 is 0. The molecule has 3 aliphatic heterocycles. The second kappa shape index (κ2) is 4.99. The molecule has 0 radical (unpaired) electrons. The van der Waals surface area contributed by atoms with Gasteiger partial charge in [-0.25, -0.2) is 0 Å². The highest BCUT2D eigenvalue weighted by Gasteiger charge is 2.36. The summed E-state index contributed by atoms with van der Waals surface area (Å²) in [5.74, 6) is 2.01. The van der Waals surface area contributed by atoms with E-state index < -0.39 is 0 Å². The number of fused-ring (bicyclic) bond motifs is 2. The smallest absolute Gasteiger partial charge is 0.127 e. The first kappa shape index (κ1) is 13.6. The third-order valence-corrected chi connectivity index (χ3v) is 5.24. The highest BCUT2D eigenvalue weighted by Crippen LogP contribution is 2.38. The molecule has 0 spiro atoms. The van der Waals surface area contributed by atoms with Crippen molar-refractivity contribution in [3.63, 3.8) is 0 Å². The van der Waals surface area contributed by atoms with E-state index in [0.29, 0.717) is 6.04 Å². The van der Waals surface area contributed by atoms with E-state index >= 15 is 0 Å². The number of para-hydroxylation sites is 1. The fourth-order valence-corrected chi connectivity index (χ4v) is 4.31. The summed E-state index contributed by atoms with van der Waals surface area (Å²) in [6.45, 7) is 9.04. The number of ether oxygens (including phenoxy) is 1. The van der Waals surface area contributed by atoms with Crippen LogP contribution in [-0.2, 0) is 13.0 Å². The van der Waals surface area contributed by atoms with Gasteiger partial charge in [-0.3, -0.25) is 4.90 Å². The largest absolute Gasteiger partial charge is 0.487 e. The fourth-order valence-electron chi connectivity index (χ4n) is 4.31. The SMILES string of the molecule is CC1(C)Cc2cccc(CN3C[C@@H]4CCCN[C@@H]4C3)c2O1. The summed E-state index contributed by atoms with van der Waals surface area (Å²) in [6.07, 6.45) is 3.76. The van der Waals surface area contributed by atoms with Gasteiger partial charge >= 0.3 is 0 Å². The normalized spacial score (nSPS) is 30.8. The minimum Gasteiger partial charge on any atom is -0.487 e. The lowest BCUT2D eigenvalue weighted by Gasteiger charge is -2.24. The van der Waals surface area contributed by atoms with Crippen molar-refractivity contribution < 1.29 is 4.74 Å². The minimum atomic E-state index is -0.0427. The van der Waals surface area contributed by atoms with Crippen LogP contribution < -0.4 is 10.1 Å². The standard InChI is InChI=1S/C18H26N2O/c1-18(2)9-13-5-3-6-15(17(13)21-18)11-20-10-14-7-4-8-19-16(14)12-20/h3,5-6,14,16,19H,4,7-12H2,1-2H3/t14-,16+/m0/s1. The van der Waals surface area contributed by atoms with Crippen LogP contribution in [0.1, 0.15) is 37.8 Å². The van der Waals surface area contributed by atoms with Gasteiger partial charge in [-0.05, 0) is 44.7 Å². The number of benzene rings is 1. The third kappa shape index (κ3) is 2.58. The third-order valence-electron chi connectivity index (χ3n) is 5.24. The van der Waals surface area contributed by atoms with Crippen LogP contribution in [0.25, 0.3) is 0 Å². The molecule has 21 heavy (non-hydrogen) atoms. The Morgan fingerprint density at radius 3 is 3.10 bits per heavy atom. The molecule has 114 valence electrons. The summed E-state index contributed by atoms with van der Waals surface area (Å²) in [6, 6.07) is 7.38. The molecular weight excluding hydrogens is 260 g/mol. The molecule has 1 N–H and O–H groups in total. The van der Waals surface area contributed by atoms with Crippen molar-refractivity contribution in [2.24, 2.45) is 5.92 Å². The van der Waals surface area contributed by atoms with Gasteiger partial charge in [-0.15, -0.1) is 0 Å². The van der Waals surface area contributed by atoms with Crippen LogP contribution in [0.2, 0.25) is 0 Å². The van der Waals surface area contributed by atoms with E-state index in [0.717, 1.165) is 24.6 Å². The van der Waals surface area contributed by atoms with E-state index in [1.54, 1.807) is 0 Å². The monoisotopic (exact) mass is 286 g/mol. The molecule has 4 rings (SSSR count). The first-order chi connectivity index (χ1) is 10.1. The number of likely N-dealkylation sites (tertiary alicyclic amines) is 1. The molecule has 0 amide bonds. The molecule has 2 atom stereocenters. The number of hydrogen-bond donors (Lipinski definition) is 1. The lowest BCUT2D eigenvalue weighted by Crippen LogP contribution is -2.40. The molecule has 0 bridgehead atoms. The van der Waals surface area contributed by atoms with Crippen LogP contribution in [0, 0.1) is 5.92 Å². The van der Waals surface area contributed by atoms with Gasteiger partial charge in [0.15, 0.2) is 0 Å². The summed E-state index contributed by atoms with van der Waals surface area (Å²) in [5, 5.41) is 3.69. The van der Waals surface area contributed by atoms with Crippen molar-refractivity contribution >= 4 is 0 Å². The number of piperidine rings is 1. The average molecular weight is 286 g/mol. The first-order valence-corrected chi connectivity index (χ1v) is 8.36. The Bertz CT molecular complexity index is 526. The fraction of sp³-hybridized carbons (Fsp3) is 0.667. The molecule has 0 aliphatic carbocycles. The van der Waals surface area contributed by atoms with Crippen LogP contribution in [0.5, 0.6) is 5.75 Å². The van der Waals surface area contributed by atoms with Gasteiger partial charge in [0.25, 0.3) is 0 Å². The summed E-state index contributed by atoms with van der Waals surface area (Å²) in [5.41, 5.74) is 2.71. The maximum absolute atomic E-state index is 6.21. The highest BCUT2D eigenvalue weighted by molar-refractivity contribution is 5.45. The molecule has 3 heterocycles. The second-order valence-electron chi connectivity index (χ2n) is 7.60. The van der Waals surface area contributed by atoms with Crippen LogP contribution in [0.15, 0.2) is 18.2 Å². The predicted molar refractivity (Wildman–Crippen MR) is 84.6 cm³/mol. The van der Waals surface area contributed by atoms with Crippen molar-refractivity contribution in [1.82, 2.24) is 10.2 Å². The first-order valence-electron chi connectivity index (χ1n) is 8.36. The van der Waals surface area contributed by atoms with Crippen molar-refractivity contribution in [2.45, 2.75) is 51.3 Å². The Balaban J connectivity index is 1.50. The molecule has 1 aromatic rings. The van der Waals surface area contributed by atoms with Gasteiger partial charge in [-0.1, -0.05) is 18.2 Å². The van der Waals surface area contributed by atoms with Crippen LogP contribution in [-0.4, -0.2) is 36.2 Å². The maximum atomic E-state index is 6.21. The average Bonchev–Trinajstić information content (AvgIpc) is 2.97. The molecule has 0 unspecified atom stereocenters.